The maximum Gasteiger partial charge on any atom is 0.273 e. The van der Waals surface area contributed by atoms with E-state index in [-0.39, 0.29) is 5.69 Å². The van der Waals surface area contributed by atoms with E-state index in [1.807, 2.05) is 0 Å². The van der Waals surface area contributed by atoms with Crippen molar-refractivity contribution in [1.82, 2.24) is 9.88 Å². The van der Waals surface area contributed by atoms with Crippen LogP contribution in [0.2, 0.25) is 0 Å². The summed E-state index contributed by atoms with van der Waals surface area (Å²) in [5.41, 5.74) is 0.139. The average Bonchev–Trinajstić information content (AvgIpc) is 2.16. The van der Waals surface area contributed by atoms with Gasteiger partial charge in [0.2, 0.25) is 0 Å². The number of carbonyl (C=O) groups excluding carboxylic acids is 1. The molecule has 0 N–H and O–H groups in total. The number of hydrogen-bond acceptors (Lipinski definition) is 2. The number of halogens is 3. The maximum absolute atomic E-state index is 12.0. The molecule has 15 heavy (non-hydrogen) atoms. The van der Waals surface area contributed by atoms with E-state index >= 15 is 0 Å². The number of amides is 1. The smallest absolute Gasteiger partial charge is 0.273 e. The molecule has 0 spiro atoms. The molecule has 6 heteroatoms. The standard InChI is InChI=1S/C9H9BrF2N2O/c1-14(5-7(11)12)9(15)8-6(10)3-2-4-13-8/h2-4,7H,5H2,1H3. The molecule has 0 atom stereocenters. The Hall–Kier alpha value is -1.04. The zero-order chi connectivity index (χ0) is 11.4. The molecule has 0 bridgehead atoms. The molecule has 0 fully saturated rings. The largest absolute Gasteiger partial charge is 0.335 e. The maximum atomic E-state index is 12.0. The molecule has 1 aromatic heterocycles. The van der Waals surface area contributed by atoms with Crippen molar-refractivity contribution in [3.8, 4) is 0 Å². The minimum Gasteiger partial charge on any atom is -0.335 e. The van der Waals surface area contributed by atoms with Crippen molar-refractivity contribution in [3.63, 3.8) is 0 Å². The molecule has 0 aliphatic rings. The van der Waals surface area contributed by atoms with Gasteiger partial charge in [-0.3, -0.25) is 4.79 Å². The van der Waals surface area contributed by atoms with Crippen LogP contribution in [0.5, 0.6) is 0 Å². The molecule has 0 unspecified atom stereocenters. The van der Waals surface area contributed by atoms with Gasteiger partial charge < -0.3 is 4.90 Å². The predicted octanol–water partition coefficient (Wildman–Crippen LogP) is 2.18. The van der Waals surface area contributed by atoms with Gasteiger partial charge in [0.25, 0.3) is 12.3 Å². The Labute approximate surface area is 94.2 Å². The molecule has 1 rings (SSSR count). The fourth-order valence-electron chi connectivity index (χ4n) is 1.01. The number of pyridine rings is 1. The zero-order valence-electron chi connectivity index (χ0n) is 7.95. The van der Waals surface area contributed by atoms with Crippen LogP contribution in [-0.2, 0) is 0 Å². The molecular weight excluding hydrogens is 270 g/mol. The van der Waals surface area contributed by atoms with Gasteiger partial charge in [0, 0.05) is 17.7 Å². The lowest BCUT2D eigenvalue weighted by molar-refractivity contribution is 0.0614. The quantitative estimate of drug-likeness (QED) is 0.849. The van der Waals surface area contributed by atoms with Crippen LogP contribution in [0, 0.1) is 0 Å². The van der Waals surface area contributed by atoms with E-state index in [0.29, 0.717) is 4.47 Å². The summed E-state index contributed by atoms with van der Waals surface area (Å²) < 4.78 is 24.6. The van der Waals surface area contributed by atoms with Crippen molar-refractivity contribution in [3.05, 3.63) is 28.5 Å². The number of aromatic nitrogens is 1. The Morgan fingerprint density at radius 3 is 2.87 bits per heavy atom. The normalized spacial score (nSPS) is 10.5. The lowest BCUT2D eigenvalue weighted by Gasteiger charge is -2.16. The van der Waals surface area contributed by atoms with Crippen molar-refractivity contribution in [2.45, 2.75) is 6.43 Å². The summed E-state index contributed by atoms with van der Waals surface area (Å²) >= 11 is 3.13. The topological polar surface area (TPSA) is 33.2 Å². The second kappa shape index (κ2) is 5.16. The average molecular weight is 279 g/mol. The second-order valence-electron chi connectivity index (χ2n) is 2.91. The highest BCUT2D eigenvalue weighted by molar-refractivity contribution is 9.10. The van der Waals surface area contributed by atoms with Crippen LogP contribution in [0.15, 0.2) is 22.8 Å². The number of hydrogen-bond donors (Lipinski definition) is 0. The van der Waals surface area contributed by atoms with Gasteiger partial charge in [-0.15, -0.1) is 0 Å². The first-order chi connectivity index (χ1) is 7.02. The van der Waals surface area contributed by atoms with Crippen LogP contribution in [-0.4, -0.2) is 35.8 Å². The van der Waals surface area contributed by atoms with Gasteiger partial charge >= 0.3 is 0 Å². The first-order valence-corrected chi connectivity index (χ1v) is 4.95. The first kappa shape index (κ1) is 12.0. The molecule has 3 nitrogen and oxygen atoms in total. The van der Waals surface area contributed by atoms with Crippen LogP contribution in [0.25, 0.3) is 0 Å². The lowest BCUT2D eigenvalue weighted by Crippen LogP contribution is -2.32. The van der Waals surface area contributed by atoms with E-state index < -0.39 is 18.9 Å². The summed E-state index contributed by atoms with van der Waals surface area (Å²) in [5, 5.41) is 0. The predicted molar refractivity (Wildman–Crippen MR) is 54.9 cm³/mol. The van der Waals surface area contributed by atoms with Crippen LogP contribution >= 0.6 is 15.9 Å². The van der Waals surface area contributed by atoms with Crippen molar-refractivity contribution < 1.29 is 13.6 Å². The summed E-state index contributed by atoms with van der Waals surface area (Å²) in [5.74, 6) is -0.525. The minimum atomic E-state index is -2.54. The van der Waals surface area contributed by atoms with E-state index in [2.05, 4.69) is 20.9 Å². The van der Waals surface area contributed by atoms with Crippen LogP contribution in [0.1, 0.15) is 10.5 Å². The van der Waals surface area contributed by atoms with Crippen molar-refractivity contribution in [2.75, 3.05) is 13.6 Å². The third kappa shape index (κ3) is 3.23. The molecule has 1 amide bonds. The Morgan fingerprint density at radius 1 is 1.67 bits per heavy atom. The highest BCUT2D eigenvalue weighted by atomic mass is 79.9. The van der Waals surface area contributed by atoms with Gasteiger partial charge in [-0.1, -0.05) is 0 Å². The van der Waals surface area contributed by atoms with E-state index in [9.17, 15) is 13.6 Å². The Balaban J connectivity index is 2.81. The van der Waals surface area contributed by atoms with E-state index in [0.717, 1.165) is 4.90 Å². The van der Waals surface area contributed by atoms with Gasteiger partial charge in [0.15, 0.2) is 0 Å². The zero-order valence-corrected chi connectivity index (χ0v) is 9.54. The Kier molecular flexibility index (Phi) is 4.14. The van der Waals surface area contributed by atoms with Gasteiger partial charge in [0.05, 0.1) is 6.54 Å². The van der Waals surface area contributed by atoms with Gasteiger partial charge in [-0.25, -0.2) is 13.8 Å². The molecule has 0 aliphatic heterocycles. The first-order valence-electron chi connectivity index (χ1n) is 4.16. The number of nitrogens with zero attached hydrogens (tertiary/aromatic N) is 2. The fraction of sp³-hybridized carbons (Fsp3) is 0.333. The molecule has 0 aromatic carbocycles. The summed E-state index contributed by atoms with van der Waals surface area (Å²) in [4.78, 5) is 16.4. The molecule has 82 valence electrons. The fourth-order valence-corrected chi connectivity index (χ4v) is 1.44. The van der Waals surface area contributed by atoms with Gasteiger partial charge in [-0.05, 0) is 28.1 Å². The molecule has 0 aliphatic carbocycles. The molecule has 1 heterocycles. The molecular formula is C9H9BrF2N2O. The number of alkyl halides is 2. The summed E-state index contributed by atoms with van der Waals surface area (Å²) in [6.07, 6.45) is -1.10. The molecule has 1 aromatic rings. The second-order valence-corrected chi connectivity index (χ2v) is 3.76. The summed E-state index contributed by atoms with van der Waals surface area (Å²) in [6.45, 7) is -0.595. The monoisotopic (exact) mass is 278 g/mol. The van der Waals surface area contributed by atoms with Crippen molar-refractivity contribution in [2.24, 2.45) is 0 Å². The highest BCUT2D eigenvalue weighted by Crippen LogP contribution is 2.15. The summed E-state index contributed by atoms with van der Waals surface area (Å²) in [7, 11) is 1.32. The summed E-state index contributed by atoms with van der Waals surface area (Å²) in [6, 6.07) is 3.28. The Morgan fingerprint density at radius 2 is 2.33 bits per heavy atom. The van der Waals surface area contributed by atoms with E-state index in [1.54, 1.807) is 12.1 Å². The lowest BCUT2D eigenvalue weighted by atomic mass is 10.3. The van der Waals surface area contributed by atoms with Crippen molar-refractivity contribution >= 4 is 21.8 Å². The SMILES string of the molecule is CN(CC(F)F)C(=O)c1ncccc1Br. The highest BCUT2D eigenvalue weighted by Gasteiger charge is 2.18. The van der Waals surface area contributed by atoms with Crippen LogP contribution in [0.4, 0.5) is 8.78 Å². The van der Waals surface area contributed by atoms with E-state index in [1.165, 1.54) is 13.2 Å². The third-order valence-corrected chi connectivity index (χ3v) is 2.36. The van der Waals surface area contributed by atoms with E-state index in [4.69, 9.17) is 0 Å². The third-order valence-electron chi connectivity index (χ3n) is 1.72. The molecule has 0 saturated carbocycles. The van der Waals surface area contributed by atoms with Crippen LogP contribution < -0.4 is 0 Å². The minimum absolute atomic E-state index is 0.139. The van der Waals surface area contributed by atoms with Gasteiger partial charge in [-0.2, -0.15) is 0 Å². The van der Waals surface area contributed by atoms with Gasteiger partial charge in [0.1, 0.15) is 5.69 Å². The number of rotatable bonds is 3. The molecule has 0 radical (unpaired) electrons. The van der Waals surface area contributed by atoms with Crippen LogP contribution in [0.3, 0.4) is 0 Å². The Bertz CT molecular complexity index is 360. The molecule has 0 saturated heterocycles. The van der Waals surface area contributed by atoms with Crippen molar-refractivity contribution in [1.29, 1.82) is 0 Å². The number of carbonyl (C=O) groups is 1.